The van der Waals surface area contributed by atoms with E-state index in [9.17, 15) is 13.5 Å². The molecule has 2 aromatic rings. The van der Waals surface area contributed by atoms with Crippen LogP contribution in [0.5, 0.6) is 0 Å². The molecule has 0 saturated heterocycles. The molecular formula is C17H17NO4S. The van der Waals surface area contributed by atoms with Gasteiger partial charge < -0.3 is 9.84 Å². The highest BCUT2D eigenvalue weighted by molar-refractivity contribution is 7.90. The predicted octanol–water partition coefficient (Wildman–Crippen LogP) is 1.97. The molecule has 1 N–H and O–H groups in total. The van der Waals surface area contributed by atoms with Gasteiger partial charge in [0.2, 0.25) is 5.90 Å². The van der Waals surface area contributed by atoms with E-state index in [1.165, 1.54) is 6.26 Å². The second kappa shape index (κ2) is 6.14. The van der Waals surface area contributed by atoms with Crippen molar-refractivity contribution in [3.8, 4) is 0 Å². The summed E-state index contributed by atoms with van der Waals surface area (Å²) in [5.41, 5.74) is 1.63. The smallest absolute Gasteiger partial charge is 0.217 e. The average molecular weight is 331 g/mol. The highest BCUT2D eigenvalue weighted by Crippen LogP contribution is 2.31. The van der Waals surface area contributed by atoms with E-state index in [0.717, 1.165) is 11.1 Å². The Labute approximate surface area is 135 Å². The van der Waals surface area contributed by atoms with E-state index in [4.69, 9.17) is 4.74 Å². The fourth-order valence-electron chi connectivity index (χ4n) is 2.50. The van der Waals surface area contributed by atoms with Crippen molar-refractivity contribution in [1.82, 2.24) is 0 Å². The molecule has 1 aliphatic rings. The van der Waals surface area contributed by atoms with Gasteiger partial charge >= 0.3 is 0 Å². The third kappa shape index (κ3) is 3.28. The summed E-state index contributed by atoms with van der Waals surface area (Å²) in [6, 6.07) is 15.6. The van der Waals surface area contributed by atoms with Crippen molar-refractivity contribution in [1.29, 1.82) is 0 Å². The minimum absolute atomic E-state index is 0.144. The molecule has 1 aliphatic heterocycles. The summed E-state index contributed by atoms with van der Waals surface area (Å²) < 4.78 is 29.0. The van der Waals surface area contributed by atoms with Crippen molar-refractivity contribution >= 4 is 15.7 Å². The van der Waals surface area contributed by atoms with Gasteiger partial charge in [-0.25, -0.2) is 13.4 Å². The van der Waals surface area contributed by atoms with Gasteiger partial charge in [0.25, 0.3) is 0 Å². The summed E-state index contributed by atoms with van der Waals surface area (Å²) in [6.07, 6.45) is 0.741. The standard InChI is InChI=1S/C17H17NO4S/c1-23(20,21)14-9-7-12(8-10-14)16-15(11-19)18-17(22-16)13-5-3-2-4-6-13/h2-10,15-16,19H,11H2,1H3/t15?,16-/m1/s1. The van der Waals surface area contributed by atoms with Gasteiger partial charge in [0.15, 0.2) is 15.9 Å². The monoisotopic (exact) mass is 331 g/mol. The Morgan fingerprint density at radius 2 is 1.74 bits per heavy atom. The van der Waals surface area contributed by atoms with Gasteiger partial charge in [0.1, 0.15) is 6.04 Å². The molecule has 0 aliphatic carbocycles. The summed E-state index contributed by atoms with van der Waals surface area (Å²) in [4.78, 5) is 4.69. The molecule has 120 valence electrons. The van der Waals surface area contributed by atoms with E-state index in [0.29, 0.717) is 5.90 Å². The molecule has 0 radical (unpaired) electrons. The summed E-state index contributed by atoms with van der Waals surface area (Å²) in [6.45, 7) is -0.144. The molecule has 2 aromatic carbocycles. The Bertz CT molecular complexity index is 813. The number of aliphatic hydroxyl groups excluding tert-OH is 1. The first-order valence-electron chi connectivity index (χ1n) is 7.20. The molecule has 5 nitrogen and oxygen atoms in total. The molecule has 1 unspecified atom stereocenters. The molecule has 23 heavy (non-hydrogen) atoms. The van der Waals surface area contributed by atoms with Gasteiger partial charge in [0.05, 0.1) is 11.5 Å². The Balaban J connectivity index is 1.87. The molecule has 0 aromatic heterocycles. The lowest BCUT2D eigenvalue weighted by atomic mass is 10.0. The van der Waals surface area contributed by atoms with Crippen LogP contribution in [0, 0.1) is 0 Å². The summed E-state index contributed by atoms with van der Waals surface area (Å²) in [5, 5.41) is 9.56. The van der Waals surface area contributed by atoms with E-state index < -0.39 is 22.0 Å². The van der Waals surface area contributed by atoms with Crippen molar-refractivity contribution in [2.24, 2.45) is 4.99 Å². The van der Waals surface area contributed by atoms with Crippen LogP contribution in [0.2, 0.25) is 0 Å². The Kier molecular flexibility index (Phi) is 4.19. The van der Waals surface area contributed by atoms with Crippen LogP contribution in [0.3, 0.4) is 0 Å². The predicted molar refractivity (Wildman–Crippen MR) is 87.2 cm³/mol. The largest absolute Gasteiger partial charge is 0.467 e. The number of nitrogens with zero attached hydrogens (tertiary/aromatic N) is 1. The topological polar surface area (TPSA) is 76.0 Å². The van der Waals surface area contributed by atoms with Crippen molar-refractivity contribution in [2.45, 2.75) is 17.0 Å². The maximum Gasteiger partial charge on any atom is 0.217 e. The second-order valence-corrected chi connectivity index (χ2v) is 7.45. The molecule has 6 heteroatoms. The molecule has 1 heterocycles. The van der Waals surface area contributed by atoms with E-state index >= 15 is 0 Å². The summed E-state index contributed by atoms with van der Waals surface area (Å²) >= 11 is 0. The minimum atomic E-state index is -3.23. The molecule has 0 fully saturated rings. The van der Waals surface area contributed by atoms with Gasteiger partial charge in [-0.05, 0) is 29.8 Å². The number of rotatable bonds is 4. The van der Waals surface area contributed by atoms with Crippen LogP contribution in [0.4, 0.5) is 0 Å². The highest BCUT2D eigenvalue weighted by Gasteiger charge is 2.32. The molecule has 0 saturated carbocycles. The first-order valence-corrected chi connectivity index (χ1v) is 9.09. The number of hydrogen-bond acceptors (Lipinski definition) is 5. The van der Waals surface area contributed by atoms with E-state index in [2.05, 4.69) is 4.99 Å². The van der Waals surface area contributed by atoms with Crippen LogP contribution in [0.15, 0.2) is 64.5 Å². The van der Waals surface area contributed by atoms with E-state index in [1.807, 2.05) is 30.3 Å². The Morgan fingerprint density at radius 3 is 2.30 bits per heavy atom. The van der Waals surface area contributed by atoms with Crippen molar-refractivity contribution < 1.29 is 18.3 Å². The van der Waals surface area contributed by atoms with Crippen molar-refractivity contribution in [3.05, 3.63) is 65.7 Å². The molecule has 3 rings (SSSR count). The normalized spacial score (nSPS) is 20.9. The van der Waals surface area contributed by atoms with Gasteiger partial charge in [0, 0.05) is 11.8 Å². The number of aliphatic imine (C=N–C) groups is 1. The van der Waals surface area contributed by atoms with Gasteiger partial charge in [-0.3, -0.25) is 0 Å². The molecule has 2 atom stereocenters. The van der Waals surface area contributed by atoms with Crippen molar-refractivity contribution in [2.75, 3.05) is 12.9 Å². The minimum Gasteiger partial charge on any atom is -0.467 e. The van der Waals surface area contributed by atoms with Gasteiger partial charge in [-0.2, -0.15) is 0 Å². The van der Waals surface area contributed by atoms with E-state index in [1.54, 1.807) is 24.3 Å². The highest BCUT2D eigenvalue weighted by atomic mass is 32.2. The number of hydrogen-bond donors (Lipinski definition) is 1. The van der Waals surface area contributed by atoms with Crippen LogP contribution >= 0.6 is 0 Å². The average Bonchev–Trinajstić information content (AvgIpc) is 2.99. The van der Waals surface area contributed by atoms with Crippen LogP contribution in [-0.4, -0.2) is 38.3 Å². The molecule has 0 bridgehead atoms. The number of ether oxygens (including phenoxy) is 1. The van der Waals surface area contributed by atoms with Gasteiger partial charge in [-0.15, -0.1) is 0 Å². The third-order valence-corrected chi connectivity index (χ3v) is 4.84. The number of sulfone groups is 1. The number of benzene rings is 2. The fraction of sp³-hybridized carbons (Fsp3) is 0.235. The van der Waals surface area contributed by atoms with Crippen LogP contribution in [0.1, 0.15) is 17.2 Å². The van der Waals surface area contributed by atoms with Crippen molar-refractivity contribution in [3.63, 3.8) is 0 Å². The zero-order chi connectivity index (χ0) is 16.4. The first-order chi connectivity index (χ1) is 11.0. The van der Waals surface area contributed by atoms with E-state index in [-0.39, 0.29) is 11.5 Å². The quantitative estimate of drug-likeness (QED) is 0.929. The maximum atomic E-state index is 11.5. The second-order valence-electron chi connectivity index (χ2n) is 5.43. The molecule has 0 spiro atoms. The fourth-order valence-corrected chi connectivity index (χ4v) is 3.13. The summed E-state index contributed by atoms with van der Waals surface area (Å²) in [7, 11) is -3.23. The third-order valence-electron chi connectivity index (χ3n) is 3.72. The van der Waals surface area contributed by atoms with Crippen LogP contribution in [0.25, 0.3) is 0 Å². The zero-order valence-electron chi connectivity index (χ0n) is 12.6. The summed E-state index contributed by atoms with van der Waals surface area (Å²) in [5.74, 6) is 0.488. The Morgan fingerprint density at radius 1 is 1.09 bits per heavy atom. The number of aliphatic hydroxyl groups is 1. The molecular weight excluding hydrogens is 314 g/mol. The first kappa shape index (κ1) is 15.7. The van der Waals surface area contributed by atoms with Crippen LogP contribution < -0.4 is 0 Å². The SMILES string of the molecule is CS(=O)(=O)c1ccc([C@H]2OC(c3ccccc3)=NC2CO)cc1. The Hall–Kier alpha value is -2.18. The maximum absolute atomic E-state index is 11.5. The zero-order valence-corrected chi connectivity index (χ0v) is 13.4. The molecule has 0 amide bonds. The van der Waals surface area contributed by atoms with Crippen LogP contribution in [-0.2, 0) is 14.6 Å². The lowest BCUT2D eigenvalue weighted by Gasteiger charge is -2.16. The van der Waals surface area contributed by atoms with Gasteiger partial charge in [-0.1, -0.05) is 30.3 Å². The lowest BCUT2D eigenvalue weighted by molar-refractivity contribution is 0.152. The lowest BCUT2D eigenvalue weighted by Crippen LogP contribution is -2.18.